The fourth-order valence-corrected chi connectivity index (χ4v) is 1.65. The Kier molecular flexibility index (Phi) is 7.66. The van der Waals surface area contributed by atoms with Gasteiger partial charge in [0.2, 0.25) is 5.91 Å². The van der Waals surface area contributed by atoms with Crippen LogP contribution in [0.15, 0.2) is 0 Å². The van der Waals surface area contributed by atoms with E-state index < -0.39 is 0 Å². The summed E-state index contributed by atoms with van der Waals surface area (Å²) in [7, 11) is 0. The second kappa shape index (κ2) is 8.18. The summed E-state index contributed by atoms with van der Waals surface area (Å²) in [5.74, 6) is 2.94. The van der Waals surface area contributed by atoms with Crippen molar-refractivity contribution in [2.45, 2.75) is 46.1 Å². The van der Waals surface area contributed by atoms with Crippen molar-refractivity contribution in [3.8, 4) is 12.3 Å². The summed E-state index contributed by atoms with van der Waals surface area (Å²) in [6.07, 6.45) is 7.95. The Bertz CT molecular complexity index is 243. The summed E-state index contributed by atoms with van der Waals surface area (Å²) in [6.45, 7) is 6.60. The van der Waals surface area contributed by atoms with Crippen molar-refractivity contribution in [2.75, 3.05) is 6.54 Å². The maximum absolute atomic E-state index is 11.9. The number of carbonyl (C=O) groups excluding carboxylic acids is 1. The number of amides is 1. The Balaban J connectivity index is 4.24. The van der Waals surface area contributed by atoms with Crippen LogP contribution in [0.3, 0.4) is 0 Å². The molecule has 16 heavy (non-hydrogen) atoms. The molecule has 0 spiro atoms. The van der Waals surface area contributed by atoms with Crippen LogP contribution in [0, 0.1) is 24.2 Å². The Morgan fingerprint density at radius 3 is 2.50 bits per heavy atom. The lowest BCUT2D eigenvalue weighted by atomic mass is 9.96. The molecule has 0 fully saturated rings. The molecule has 3 nitrogen and oxygen atoms in total. The number of terminal acetylenes is 1. The first kappa shape index (κ1) is 15.0. The maximum atomic E-state index is 11.9. The molecule has 0 saturated carbocycles. The predicted molar refractivity (Wildman–Crippen MR) is 67.7 cm³/mol. The summed E-state index contributed by atoms with van der Waals surface area (Å²) < 4.78 is 0. The van der Waals surface area contributed by atoms with Crippen molar-refractivity contribution in [1.82, 2.24) is 5.32 Å². The van der Waals surface area contributed by atoms with Gasteiger partial charge in [-0.3, -0.25) is 4.79 Å². The number of nitrogens with one attached hydrogen (secondary N) is 1. The Morgan fingerprint density at radius 1 is 1.50 bits per heavy atom. The minimum absolute atomic E-state index is 0.00685. The van der Waals surface area contributed by atoms with Gasteiger partial charge in [-0.05, 0) is 18.8 Å². The summed E-state index contributed by atoms with van der Waals surface area (Å²) in [5, 5.41) is 2.87. The molecule has 0 aromatic carbocycles. The second-order valence-corrected chi connectivity index (χ2v) is 4.58. The Hall–Kier alpha value is -1.01. The average Bonchev–Trinajstić information content (AvgIpc) is 2.24. The molecule has 0 rings (SSSR count). The van der Waals surface area contributed by atoms with Crippen molar-refractivity contribution in [2.24, 2.45) is 17.6 Å². The molecule has 0 aromatic rings. The zero-order valence-corrected chi connectivity index (χ0v) is 10.6. The summed E-state index contributed by atoms with van der Waals surface area (Å²) in [5.41, 5.74) is 5.60. The molecular weight excluding hydrogens is 200 g/mol. The van der Waals surface area contributed by atoms with E-state index in [0.29, 0.717) is 12.5 Å². The number of rotatable bonds is 7. The van der Waals surface area contributed by atoms with Crippen molar-refractivity contribution in [3.63, 3.8) is 0 Å². The van der Waals surface area contributed by atoms with Crippen LogP contribution in [0.4, 0.5) is 0 Å². The predicted octanol–water partition coefficient (Wildman–Crippen LogP) is 1.53. The quantitative estimate of drug-likeness (QED) is 0.644. The lowest BCUT2D eigenvalue weighted by Crippen LogP contribution is -2.41. The molecule has 2 unspecified atom stereocenters. The van der Waals surface area contributed by atoms with Crippen LogP contribution >= 0.6 is 0 Å². The molecule has 0 aliphatic carbocycles. The van der Waals surface area contributed by atoms with Gasteiger partial charge < -0.3 is 11.1 Å². The van der Waals surface area contributed by atoms with Gasteiger partial charge in [-0.15, -0.1) is 6.42 Å². The van der Waals surface area contributed by atoms with Crippen molar-refractivity contribution in [1.29, 1.82) is 0 Å². The Morgan fingerprint density at radius 2 is 2.12 bits per heavy atom. The van der Waals surface area contributed by atoms with E-state index in [1.165, 1.54) is 0 Å². The van der Waals surface area contributed by atoms with Crippen LogP contribution in [0.2, 0.25) is 0 Å². The highest BCUT2D eigenvalue weighted by atomic mass is 16.1. The van der Waals surface area contributed by atoms with E-state index >= 15 is 0 Å². The number of hydrogen-bond donors (Lipinski definition) is 2. The van der Waals surface area contributed by atoms with Crippen LogP contribution in [0.5, 0.6) is 0 Å². The van der Waals surface area contributed by atoms with Gasteiger partial charge in [-0.2, -0.15) is 0 Å². The standard InChI is InChI=1S/C13H24N2O/c1-5-7-12(6-2)15-13(16)11(9-14)8-10(3)4/h2,10-12H,5,7-9,14H2,1,3-4H3,(H,15,16). The van der Waals surface area contributed by atoms with Crippen molar-refractivity contribution >= 4 is 5.91 Å². The fraction of sp³-hybridized carbons (Fsp3) is 0.769. The van der Waals surface area contributed by atoms with E-state index in [1.807, 2.05) is 6.92 Å². The highest BCUT2D eigenvalue weighted by molar-refractivity contribution is 5.79. The van der Waals surface area contributed by atoms with Gasteiger partial charge in [-0.1, -0.05) is 33.1 Å². The maximum Gasteiger partial charge on any atom is 0.225 e. The molecule has 3 N–H and O–H groups in total. The highest BCUT2D eigenvalue weighted by Crippen LogP contribution is 2.11. The second-order valence-electron chi connectivity index (χ2n) is 4.58. The smallest absolute Gasteiger partial charge is 0.225 e. The molecule has 0 radical (unpaired) electrons. The topological polar surface area (TPSA) is 55.1 Å². The highest BCUT2D eigenvalue weighted by Gasteiger charge is 2.19. The number of carbonyl (C=O) groups is 1. The summed E-state index contributed by atoms with van der Waals surface area (Å²) in [4.78, 5) is 11.9. The first-order chi connectivity index (χ1) is 7.54. The first-order valence-corrected chi connectivity index (χ1v) is 6.01. The van der Waals surface area contributed by atoms with E-state index in [4.69, 9.17) is 12.2 Å². The third-order valence-electron chi connectivity index (χ3n) is 2.51. The van der Waals surface area contributed by atoms with Gasteiger partial charge in [0.1, 0.15) is 0 Å². The lowest BCUT2D eigenvalue weighted by molar-refractivity contribution is -0.125. The van der Waals surface area contributed by atoms with E-state index in [9.17, 15) is 4.79 Å². The zero-order valence-electron chi connectivity index (χ0n) is 10.6. The third kappa shape index (κ3) is 5.77. The van der Waals surface area contributed by atoms with Gasteiger partial charge in [0.25, 0.3) is 0 Å². The van der Waals surface area contributed by atoms with Gasteiger partial charge in [0.15, 0.2) is 0 Å². The molecule has 2 atom stereocenters. The molecule has 0 aliphatic heterocycles. The molecular formula is C13H24N2O. The van der Waals surface area contributed by atoms with Gasteiger partial charge in [0, 0.05) is 6.54 Å². The average molecular weight is 224 g/mol. The third-order valence-corrected chi connectivity index (χ3v) is 2.51. The number of hydrogen-bond acceptors (Lipinski definition) is 2. The van der Waals surface area contributed by atoms with Crippen molar-refractivity contribution < 1.29 is 4.79 Å². The SMILES string of the molecule is C#CC(CCC)NC(=O)C(CN)CC(C)C. The van der Waals surface area contributed by atoms with Crippen molar-refractivity contribution in [3.05, 3.63) is 0 Å². The largest absolute Gasteiger partial charge is 0.342 e. The lowest BCUT2D eigenvalue weighted by Gasteiger charge is -2.19. The Labute approximate surface area is 99.2 Å². The van der Waals surface area contributed by atoms with Crippen LogP contribution in [0.1, 0.15) is 40.0 Å². The van der Waals surface area contributed by atoms with E-state index in [0.717, 1.165) is 19.3 Å². The zero-order chi connectivity index (χ0) is 12.6. The van der Waals surface area contributed by atoms with Crippen LogP contribution < -0.4 is 11.1 Å². The molecule has 0 aromatic heterocycles. The van der Waals surface area contributed by atoms with E-state index in [2.05, 4.69) is 25.1 Å². The molecule has 0 bridgehead atoms. The molecule has 0 heterocycles. The van der Waals surface area contributed by atoms with Gasteiger partial charge in [-0.25, -0.2) is 0 Å². The monoisotopic (exact) mass is 224 g/mol. The minimum atomic E-state index is -0.154. The van der Waals surface area contributed by atoms with E-state index in [-0.39, 0.29) is 17.9 Å². The molecule has 92 valence electrons. The molecule has 3 heteroatoms. The van der Waals surface area contributed by atoms with Gasteiger partial charge >= 0.3 is 0 Å². The molecule has 1 amide bonds. The summed E-state index contributed by atoms with van der Waals surface area (Å²) in [6, 6.07) is -0.154. The van der Waals surface area contributed by atoms with E-state index in [1.54, 1.807) is 0 Å². The first-order valence-electron chi connectivity index (χ1n) is 6.01. The van der Waals surface area contributed by atoms with Crippen LogP contribution in [-0.2, 0) is 4.79 Å². The fourth-order valence-electron chi connectivity index (χ4n) is 1.65. The molecule has 0 saturated heterocycles. The normalized spacial score (nSPS) is 14.2. The minimum Gasteiger partial charge on any atom is -0.342 e. The molecule has 0 aliphatic rings. The van der Waals surface area contributed by atoms with Crippen LogP contribution in [0.25, 0.3) is 0 Å². The van der Waals surface area contributed by atoms with Gasteiger partial charge in [0.05, 0.1) is 12.0 Å². The summed E-state index contributed by atoms with van der Waals surface area (Å²) >= 11 is 0. The number of nitrogens with two attached hydrogens (primary N) is 1. The van der Waals surface area contributed by atoms with Crippen LogP contribution in [-0.4, -0.2) is 18.5 Å².